The third-order valence-electron chi connectivity index (χ3n) is 5.44. The van der Waals surface area contributed by atoms with Crippen molar-refractivity contribution >= 4 is 34.9 Å². The van der Waals surface area contributed by atoms with Crippen LogP contribution in [-0.2, 0) is 0 Å². The Bertz CT molecular complexity index is 1100. The van der Waals surface area contributed by atoms with E-state index in [2.05, 4.69) is 30.8 Å². The molecule has 0 unspecified atom stereocenters. The number of nitrogens with zero attached hydrogens (tertiary/aromatic N) is 3. The minimum atomic E-state index is -0.437. The summed E-state index contributed by atoms with van der Waals surface area (Å²) in [7, 11) is 0. The predicted octanol–water partition coefficient (Wildman–Crippen LogP) is 5.61. The zero-order chi connectivity index (χ0) is 22.5. The van der Waals surface area contributed by atoms with Crippen LogP contribution in [-0.4, -0.2) is 29.1 Å². The molecule has 0 spiro atoms. The summed E-state index contributed by atoms with van der Waals surface area (Å²) in [6.45, 7) is 5.63. The van der Waals surface area contributed by atoms with Crippen LogP contribution in [0.3, 0.4) is 0 Å². The number of aromatic nitrogens is 2. The summed E-state index contributed by atoms with van der Waals surface area (Å²) in [5, 5.41) is 8.66. The van der Waals surface area contributed by atoms with E-state index in [1.54, 1.807) is 31.2 Å². The summed E-state index contributed by atoms with van der Waals surface area (Å²) in [6, 6.07) is 13.4. The Labute approximate surface area is 187 Å². The van der Waals surface area contributed by atoms with E-state index in [-0.39, 0.29) is 5.82 Å². The molecule has 0 saturated carbocycles. The summed E-state index contributed by atoms with van der Waals surface area (Å²) in [6.07, 6.45) is 3.64. The Morgan fingerprint density at radius 3 is 2.41 bits per heavy atom. The number of nitrogens with one attached hydrogen (secondary N) is 3. The number of piperidine rings is 1. The summed E-state index contributed by atoms with van der Waals surface area (Å²) < 4.78 is 13.6. The molecule has 0 atom stereocenters. The molecule has 0 bridgehead atoms. The summed E-state index contributed by atoms with van der Waals surface area (Å²) >= 11 is 0. The molecule has 0 aliphatic carbocycles. The topological polar surface area (TPSA) is 82.2 Å². The van der Waals surface area contributed by atoms with Crippen molar-refractivity contribution in [1.29, 1.82) is 0 Å². The number of halogens is 1. The number of hydrogen-bond acceptors (Lipinski definition) is 5. The van der Waals surface area contributed by atoms with Crippen molar-refractivity contribution in [2.45, 2.75) is 33.1 Å². The molecule has 1 aliphatic heterocycles. The Morgan fingerprint density at radius 2 is 1.66 bits per heavy atom. The lowest BCUT2D eigenvalue weighted by Gasteiger charge is -2.28. The van der Waals surface area contributed by atoms with E-state index in [0.717, 1.165) is 30.3 Å². The zero-order valence-electron chi connectivity index (χ0n) is 18.3. The number of carbonyl (C=O) groups is 1. The maximum Gasteiger partial charge on any atom is 0.323 e. The van der Waals surface area contributed by atoms with Gasteiger partial charge in [-0.1, -0.05) is 6.07 Å². The molecule has 32 heavy (non-hydrogen) atoms. The fraction of sp³-hybridized carbons (Fsp3) is 0.292. The van der Waals surface area contributed by atoms with E-state index in [0.29, 0.717) is 22.9 Å². The second-order valence-electron chi connectivity index (χ2n) is 7.93. The molecule has 2 heterocycles. The van der Waals surface area contributed by atoms with Crippen molar-refractivity contribution in [3.05, 3.63) is 65.6 Å². The molecule has 7 nitrogen and oxygen atoms in total. The van der Waals surface area contributed by atoms with Gasteiger partial charge in [-0.2, -0.15) is 4.98 Å². The molecule has 3 aromatic rings. The van der Waals surface area contributed by atoms with Gasteiger partial charge in [-0.3, -0.25) is 0 Å². The van der Waals surface area contributed by atoms with Crippen LogP contribution in [0.4, 0.5) is 38.0 Å². The Kier molecular flexibility index (Phi) is 6.49. The average Bonchev–Trinajstić information content (AvgIpc) is 2.78. The summed E-state index contributed by atoms with van der Waals surface area (Å²) in [5.74, 6) is 1.13. The fourth-order valence-corrected chi connectivity index (χ4v) is 3.69. The van der Waals surface area contributed by atoms with Crippen molar-refractivity contribution in [3.63, 3.8) is 0 Å². The van der Waals surface area contributed by atoms with Gasteiger partial charge in [0.05, 0.1) is 0 Å². The quantitative estimate of drug-likeness (QED) is 0.486. The van der Waals surface area contributed by atoms with Crippen molar-refractivity contribution in [1.82, 2.24) is 9.97 Å². The molecule has 4 rings (SSSR count). The third-order valence-corrected chi connectivity index (χ3v) is 5.44. The first-order valence-corrected chi connectivity index (χ1v) is 10.8. The van der Waals surface area contributed by atoms with E-state index >= 15 is 0 Å². The van der Waals surface area contributed by atoms with Gasteiger partial charge in [-0.15, -0.1) is 0 Å². The molecule has 0 radical (unpaired) electrons. The van der Waals surface area contributed by atoms with Crippen molar-refractivity contribution in [2.24, 2.45) is 0 Å². The molecule has 1 aromatic heterocycles. The van der Waals surface area contributed by atoms with Gasteiger partial charge in [-0.05, 0) is 69.5 Å². The number of anilines is 5. The lowest BCUT2D eigenvalue weighted by molar-refractivity contribution is 0.262. The van der Waals surface area contributed by atoms with E-state index in [1.165, 1.54) is 25.3 Å². The Morgan fingerprint density at radius 1 is 0.938 bits per heavy atom. The summed E-state index contributed by atoms with van der Waals surface area (Å²) in [4.78, 5) is 23.7. The normalized spacial score (nSPS) is 13.5. The average molecular weight is 435 g/mol. The highest BCUT2D eigenvalue weighted by molar-refractivity contribution is 6.00. The van der Waals surface area contributed by atoms with Gasteiger partial charge >= 0.3 is 6.03 Å². The third kappa shape index (κ3) is 5.32. The first-order valence-electron chi connectivity index (χ1n) is 10.8. The standard InChI is InChI=1S/C24H27FN6O/c1-16-15-22(31-13-4-3-5-14-31)30-23(26-16)27-18-9-11-19(12-10-18)28-24(32)29-21-8-6-7-20(25)17(21)2/h6-12,15H,3-5,13-14H2,1-2H3,(H,26,27,30)(H2,28,29,32). The van der Waals surface area contributed by atoms with Gasteiger partial charge in [0, 0.05) is 47.5 Å². The largest absolute Gasteiger partial charge is 0.356 e. The van der Waals surface area contributed by atoms with Crippen LogP contribution in [0.5, 0.6) is 0 Å². The first-order chi connectivity index (χ1) is 15.5. The minimum absolute atomic E-state index is 0.361. The van der Waals surface area contributed by atoms with Crippen LogP contribution in [0.1, 0.15) is 30.5 Å². The van der Waals surface area contributed by atoms with E-state index in [4.69, 9.17) is 0 Å². The zero-order valence-corrected chi connectivity index (χ0v) is 18.3. The van der Waals surface area contributed by atoms with Crippen LogP contribution in [0, 0.1) is 19.7 Å². The van der Waals surface area contributed by atoms with Gasteiger partial charge in [0.25, 0.3) is 0 Å². The highest BCUT2D eigenvalue weighted by atomic mass is 19.1. The Balaban J connectivity index is 1.39. The second kappa shape index (κ2) is 9.64. The van der Waals surface area contributed by atoms with Gasteiger partial charge < -0.3 is 20.9 Å². The van der Waals surface area contributed by atoms with E-state index in [1.807, 2.05) is 25.1 Å². The second-order valence-corrected chi connectivity index (χ2v) is 7.93. The molecule has 3 N–H and O–H groups in total. The van der Waals surface area contributed by atoms with Crippen LogP contribution < -0.4 is 20.9 Å². The van der Waals surface area contributed by atoms with Crippen LogP contribution in [0.15, 0.2) is 48.5 Å². The monoisotopic (exact) mass is 434 g/mol. The van der Waals surface area contributed by atoms with Crippen molar-refractivity contribution < 1.29 is 9.18 Å². The van der Waals surface area contributed by atoms with Gasteiger partial charge in [0.1, 0.15) is 11.6 Å². The first kappa shape index (κ1) is 21.5. The number of rotatable bonds is 5. The molecule has 1 fully saturated rings. The lowest BCUT2D eigenvalue weighted by atomic mass is 10.1. The number of hydrogen-bond donors (Lipinski definition) is 3. The van der Waals surface area contributed by atoms with Crippen LogP contribution in [0.2, 0.25) is 0 Å². The van der Waals surface area contributed by atoms with Gasteiger partial charge in [0.15, 0.2) is 0 Å². The molecule has 2 aromatic carbocycles. The lowest BCUT2D eigenvalue weighted by Crippen LogP contribution is -2.30. The molecular formula is C24H27FN6O. The smallest absolute Gasteiger partial charge is 0.323 e. The predicted molar refractivity (Wildman–Crippen MR) is 126 cm³/mol. The highest BCUT2D eigenvalue weighted by Gasteiger charge is 2.14. The van der Waals surface area contributed by atoms with Crippen molar-refractivity contribution in [2.75, 3.05) is 33.9 Å². The number of aryl methyl sites for hydroxylation is 1. The molecular weight excluding hydrogens is 407 g/mol. The minimum Gasteiger partial charge on any atom is -0.356 e. The molecule has 8 heteroatoms. The molecule has 166 valence electrons. The van der Waals surface area contributed by atoms with Gasteiger partial charge in [0.2, 0.25) is 5.95 Å². The summed E-state index contributed by atoms with van der Waals surface area (Å²) in [5.41, 5.74) is 3.16. The molecule has 2 amide bonds. The van der Waals surface area contributed by atoms with E-state index in [9.17, 15) is 9.18 Å². The number of carbonyl (C=O) groups excluding carboxylic acids is 1. The maximum atomic E-state index is 13.6. The SMILES string of the molecule is Cc1cc(N2CCCCC2)nc(Nc2ccc(NC(=O)Nc3cccc(F)c3C)cc2)n1. The van der Waals surface area contributed by atoms with E-state index < -0.39 is 6.03 Å². The van der Waals surface area contributed by atoms with Crippen LogP contribution in [0.25, 0.3) is 0 Å². The number of urea groups is 1. The molecule has 1 saturated heterocycles. The van der Waals surface area contributed by atoms with Crippen molar-refractivity contribution in [3.8, 4) is 0 Å². The number of amides is 2. The highest BCUT2D eigenvalue weighted by Crippen LogP contribution is 2.23. The van der Waals surface area contributed by atoms with Crippen LogP contribution >= 0.6 is 0 Å². The fourth-order valence-electron chi connectivity index (χ4n) is 3.69. The molecule has 1 aliphatic rings. The maximum absolute atomic E-state index is 13.6. The number of benzene rings is 2. The Hall–Kier alpha value is -3.68. The van der Waals surface area contributed by atoms with Gasteiger partial charge in [-0.25, -0.2) is 14.2 Å².